The van der Waals surface area contributed by atoms with Crippen molar-refractivity contribution < 1.29 is 0 Å². The molecule has 4 heterocycles. The van der Waals surface area contributed by atoms with Crippen molar-refractivity contribution in [2.24, 2.45) is 5.73 Å². The standard InChI is InChI=1S/C25H27N5.C8H11N/c1-2-5-18(6-3-1)9-15-27-24-8-4-7-22(29-24)20-12-16-28-25-21(20)17-23(30-25)19-10-13-26-14-11-19;9-7-6-8-4-2-1-3-5-8/h1-8,12,16-17,19,26H,9-11,13-15H2,(H,27,29)(H,28,30);1-5H,6-7,9H2. The lowest BCUT2D eigenvalue weighted by Crippen LogP contribution is -2.26. The van der Waals surface area contributed by atoms with Gasteiger partial charge in [-0.3, -0.25) is 0 Å². The summed E-state index contributed by atoms with van der Waals surface area (Å²) < 4.78 is 0. The van der Waals surface area contributed by atoms with Crippen LogP contribution < -0.4 is 16.4 Å². The molecule has 0 saturated carbocycles. The van der Waals surface area contributed by atoms with E-state index in [1.165, 1.54) is 29.7 Å². The highest BCUT2D eigenvalue weighted by Crippen LogP contribution is 2.32. The summed E-state index contributed by atoms with van der Waals surface area (Å²) in [6.45, 7) is 3.76. The monoisotopic (exact) mass is 518 g/mol. The van der Waals surface area contributed by atoms with Crippen molar-refractivity contribution in [3.8, 4) is 11.3 Å². The van der Waals surface area contributed by atoms with Gasteiger partial charge in [0.05, 0.1) is 5.69 Å². The molecule has 1 aliphatic rings. The Kier molecular flexibility index (Phi) is 9.34. The quantitative estimate of drug-likeness (QED) is 0.204. The van der Waals surface area contributed by atoms with Crippen LogP contribution in [0.4, 0.5) is 5.82 Å². The Labute approximate surface area is 231 Å². The Bertz CT molecular complexity index is 1420. The van der Waals surface area contributed by atoms with Gasteiger partial charge in [-0.1, -0.05) is 66.7 Å². The fourth-order valence-electron chi connectivity index (χ4n) is 5.10. The van der Waals surface area contributed by atoms with E-state index in [9.17, 15) is 0 Å². The van der Waals surface area contributed by atoms with Crippen LogP contribution in [0.1, 0.15) is 35.6 Å². The number of aromatic nitrogens is 3. The molecule has 0 unspecified atom stereocenters. The molecule has 5 N–H and O–H groups in total. The molecular weight excluding hydrogens is 480 g/mol. The van der Waals surface area contributed by atoms with E-state index in [4.69, 9.17) is 10.7 Å². The van der Waals surface area contributed by atoms with Crippen molar-refractivity contribution in [2.75, 3.05) is 31.5 Å². The van der Waals surface area contributed by atoms with E-state index in [2.05, 4.69) is 87.3 Å². The molecule has 6 heteroatoms. The molecule has 39 heavy (non-hydrogen) atoms. The summed E-state index contributed by atoms with van der Waals surface area (Å²) in [4.78, 5) is 13.0. The Morgan fingerprint density at radius 2 is 1.54 bits per heavy atom. The topological polar surface area (TPSA) is 91.6 Å². The number of nitrogens with zero attached hydrogens (tertiary/aromatic N) is 2. The fourth-order valence-corrected chi connectivity index (χ4v) is 5.10. The van der Waals surface area contributed by atoms with E-state index in [0.717, 1.165) is 67.1 Å². The predicted molar refractivity (Wildman–Crippen MR) is 162 cm³/mol. The minimum absolute atomic E-state index is 0.576. The largest absolute Gasteiger partial charge is 0.370 e. The van der Waals surface area contributed by atoms with Crippen LogP contribution in [0.15, 0.2) is 97.2 Å². The molecule has 1 saturated heterocycles. The molecule has 0 atom stereocenters. The van der Waals surface area contributed by atoms with Crippen LogP contribution in [0.5, 0.6) is 0 Å². The van der Waals surface area contributed by atoms with Crippen molar-refractivity contribution in [1.82, 2.24) is 20.3 Å². The highest BCUT2D eigenvalue weighted by molar-refractivity contribution is 5.92. The Morgan fingerprint density at radius 1 is 0.821 bits per heavy atom. The number of nitrogens with one attached hydrogen (secondary N) is 3. The summed E-state index contributed by atoms with van der Waals surface area (Å²) in [5.74, 6) is 1.48. The number of piperidine rings is 1. The van der Waals surface area contributed by atoms with E-state index in [0.29, 0.717) is 5.92 Å². The molecule has 0 amide bonds. The van der Waals surface area contributed by atoms with E-state index < -0.39 is 0 Å². The van der Waals surface area contributed by atoms with E-state index in [-0.39, 0.29) is 0 Å². The second-order valence-electron chi connectivity index (χ2n) is 9.96. The number of anilines is 1. The number of rotatable bonds is 8. The molecule has 0 radical (unpaired) electrons. The van der Waals surface area contributed by atoms with Gasteiger partial charge in [0.15, 0.2) is 0 Å². The molecule has 6 nitrogen and oxygen atoms in total. The van der Waals surface area contributed by atoms with Gasteiger partial charge < -0.3 is 21.4 Å². The first-order valence-electron chi connectivity index (χ1n) is 14.0. The first-order chi connectivity index (χ1) is 19.3. The molecule has 200 valence electrons. The molecule has 1 fully saturated rings. The summed E-state index contributed by atoms with van der Waals surface area (Å²) in [6.07, 6.45) is 6.17. The van der Waals surface area contributed by atoms with Crippen LogP contribution in [0.2, 0.25) is 0 Å². The van der Waals surface area contributed by atoms with Crippen LogP contribution in [0, 0.1) is 0 Å². The van der Waals surface area contributed by atoms with Gasteiger partial charge in [-0.2, -0.15) is 0 Å². The summed E-state index contributed by atoms with van der Waals surface area (Å²) >= 11 is 0. The fraction of sp³-hybridized carbons (Fsp3) is 0.273. The number of nitrogens with two attached hydrogens (primary N) is 1. The first-order valence-corrected chi connectivity index (χ1v) is 14.0. The van der Waals surface area contributed by atoms with Gasteiger partial charge in [-0.05, 0) is 80.7 Å². The number of H-pyrrole nitrogens is 1. The van der Waals surface area contributed by atoms with Crippen molar-refractivity contribution in [3.05, 3.63) is 114 Å². The average molecular weight is 519 g/mol. The zero-order chi connectivity index (χ0) is 26.7. The van der Waals surface area contributed by atoms with Gasteiger partial charge in [-0.15, -0.1) is 0 Å². The number of aromatic amines is 1. The third kappa shape index (κ3) is 7.31. The van der Waals surface area contributed by atoms with Crippen molar-refractivity contribution >= 4 is 16.9 Å². The first kappa shape index (κ1) is 26.6. The highest BCUT2D eigenvalue weighted by Gasteiger charge is 2.19. The van der Waals surface area contributed by atoms with Crippen LogP contribution in [0.3, 0.4) is 0 Å². The Balaban J connectivity index is 0.000000292. The lowest BCUT2D eigenvalue weighted by Gasteiger charge is -2.21. The van der Waals surface area contributed by atoms with Gasteiger partial charge in [0.1, 0.15) is 11.5 Å². The molecule has 6 rings (SSSR count). The molecule has 0 aliphatic carbocycles. The number of hydrogen-bond acceptors (Lipinski definition) is 5. The minimum Gasteiger partial charge on any atom is -0.370 e. The van der Waals surface area contributed by atoms with Crippen LogP contribution >= 0.6 is 0 Å². The maximum absolute atomic E-state index is 5.36. The van der Waals surface area contributed by atoms with E-state index in [1.54, 1.807) is 0 Å². The summed E-state index contributed by atoms with van der Waals surface area (Å²) in [5.41, 5.74) is 12.4. The third-order valence-corrected chi connectivity index (χ3v) is 7.20. The SMILES string of the molecule is NCCc1ccccc1.c1ccc(CCNc2cccc(-c3ccnc4[nH]c(C5CCNCC5)cc34)n2)cc1. The number of hydrogen-bond donors (Lipinski definition) is 4. The lowest BCUT2D eigenvalue weighted by atomic mass is 9.94. The maximum Gasteiger partial charge on any atom is 0.138 e. The number of benzene rings is 2. The molecule has 5 aromatic rings. The molecular formula is C33H38N6. The number of pyridine rings is 2. The van der Waals surface area contributed by atoms with E-state index in [1.807, 2.05) is 30.5 Å². The van der Waals surface area contributed by atoms with Gasteiger partial charge in [-0.25, -0.2) is 9.97 Å². The molecule has 3 aromatic heterocycles. The van der Waals surface area contributed by atoms with Crippen molar-refractivity contribution in [1.29, 1.82) is 0 Å². The Hall–Kier alpha value is -4.00. The predicted octanol–water partition coefficient (Wildman–Crippen LogP) is 5.93. The van der Waals surface area contributed by atoms with Gasteiger partial charge in [0.2, 0.25) is 0 Å². The van der Waals surface area contributed by atoms with E-state index >= 15 is 0 Å². The highest BCUT2D eigenvalue weighted by atomic mass is 15.0. The summed E-state index contributed by atoms with van der Waals surface area (Å²) in [7, 11) is 0. The molecule has 2 aromatic carbocycles. The van der Waals surface area contributed by atoms with Gasteiger partial charge >= 0.3 is 0 Å². The van der Waals surface area contributed by atoms with Crippen LogP contribution in [-0.2, 0) is 12.8 Å². The van der Waals surface area contributed by atoms with Crippen molar-refractivity contribution in [2.45, 2.75) is 31.6 Å². The average Bonchev–Trinajstić information content (AvgIpc) is 3.44. The van der Waals surface area contributed by atoms with Crippen LogP contribution in [0.25, 0.3) is 22.3 Å². The van der Waals surface area contributed by atoms with Crippen molar-refractivity contribution in [3.63, 3.8) is 0 Å². The van der Waals surface area contributed by atoms with Gasteiger partial charge in [0, 0.05) is 35.3 Å². The Morgan fingerprint density at radius 3 is 2.26 bits per heavy atom. The zero-order valence-electron chi connectivity index (χ0n) is 22.4. The second-order valence-corrected chi connectivity index (χ2v) is 9.96. The summed E-state index contributed by atoms with van der Waals surface area (Å²) in [5, 5.41) is 8.06. The zero-order valence-corrected chi connectivity index (χ0v) is 22.4. The third-order valence-electron chi connectivity index (χ3n) is 7.20. The molecule has 0 spiro atoms. The maximum atomic E-state index is 5.36. The second kappa shape index (κ2) is 13.7. The smallest absolute Gasteiger partial charge is 0.138 e. The molecule has 1 aliphatic heterocycles. The van der Waals surface area contributed by atoms with Crippen LogP contribution in [-0.4, -0.2) is 41.1 Å². The van der Waals surface area contributed by atoms with Gasteiger partial charge in [0.25, 0.3) is 0 Å². The molecule has 0 bridgehead atoms. The number of fused-ring (bicyclic) bond motifs is 1. The normalized spacial score (nSPS) is 13.6. The summed E-state index contributed by atoms with van der Waals surface area (Å²) in [6, 6.07) is 31.3. The lowest BCUT2D eigenvalue weighted by molar-refractivity contribution is 0.455. The minimum atomic E-state index is 0.576.